The molecule has 2 amide bonds. The van der Waals surface area contributed by atoms with E-state index in [0.29, 0.717) is 23.6 Å². The number of amides is 2. The van der Waals surface area contributed by atoms with Gasteiger partial charge in [0.25, 0.3) is 5.91 Å². The van der Waals surface area contributed by atoms with Gasteiger partial charge in [-0.1, -0.05) is 30.3 Å². The van der Waals surface area contributed by atoms with Gasteiger partial charge in [0.15, 0.2) is 5.82 Å². The summed E-state index contributed by atoms with van der Waals surface area (Å²) in [5.74, 6) is 0.813. The summed E-state index contributed by atoms with van der Waals surface area (Å²) in [5, 5.41) is 2.94. The minimum Gasteiger partial charge on any atom is -0.348 e. The fraction of sp³-hybridized carbons (Fsp3) is 0.520. The van der Waals surface area contributed by atoms with E-state index in [0.717, 1.165) is 57.3 Å². The number of rotatable bonds is 5. The predicted octanol–water partition coefficient (Wildman–Crippen LogP) is 3.11. The van der Waals surface area contributed by atoms with Crippen molar-refractivity contribution in [1.29, 1.82) is 0 Å². The van der Waals surface area contributed by atoms with E-state index < -0.39 is 0 Å². The maximum atomic E-state index is 13.3. The lowest BCUT2D eigenvalue weighted by Crippen LogP contribution is -2.45. The lowest BCUT2D eigenvalue weighted by Gasteiger charge is -2.39. The Morgan fingerprint density at radius 1 is 1.06 bits per heavy atom. The minimum atomic E-state index is -0.180. The number of likely N-dealkylation sites (tertiary alicyclic amines) is 2. The largest absolute Gasteiger partial charge is 0.348 e. The quantitative estimate of drug-likeness (QED) is 0.781. The molecule has 2 saturated heterocycles. The van der Waals surface area contributed by atoms with E-state index in [-0.39, 0.29) is 23.8 Å². The molecule has 2 aliphatic heterocycles. The molecular weight excluding hydrogens is 402 g/mol. The van der Waals surface area contributed by atoms with E-state index in [1.807, 2.05) is 42.2 Å². The fourth-order valence-electron chi connectivity index (χ4n) is 4.70. The van der Waals surface area contributed by atoms with Gasteiger partial charge in [0.1, 0.15) is 0 Å². The van der Waals surface area contributed by atoms with E-state index >= 15 is 0 Å². The molecule has 0 unspecified atom stereocenters. The summed E-state index contributed by atoms with van der Waals surface area (Å²) in [4.78, 5) is 39.5. The lowest BCUT2D eigenvalue weighted by molar-refractivity contribution is -0.141. The van der Waals surface area contributed by atoms with Crippen LogP contribution >= 0.6 is 0 Å². The molecule has 1 atom stereocenters. The van der Waals surface area contributed by atoms with Crippen LogP contribution in [-0.4, -0.2) is 58.3 Å². The summed E-state index contributed by atoms with van der Waals surface area (Å²) in [5.41, 5.74) is 2.17. The van der Waals surface area contributed by atoms with Crippen molar-refractivity contribution in [2.24, 2.45) is 5.92 Å². The first-order valence-corrected chi connectivity index (χ1v) is 11.7. The van der Waals surface area contributed by atoms with Crippen molar-refractivity contribution in [2.75, 3.05) is 26.7 Å². The molecule has 7 nitrogen and oxygen atoms in total. The summed E-state index contributed by atoms with van der Waals surface area (Å²) in [6, 6.07) is 9.71. The number of aryl methyl sites for hydroxylation is 1. The zero-order valence-electron chi connectivity index (χ0n) is 19.1. The SMILES string of the molecule is Cc1nc([C@@H]2CCCCN2C(=O)C2CCN(C)CC2)ncc1C(=O)NCc1ccccc1. The molecule has 7 heteroatoms. The average Bonchev–Trinajstić information content (AvgIpc) is 2.83. The van der Waals surface area contributed by atoms with Gasteiger partial charge < -0.3 is 15.1 Å². The number of hydrogen-bond acceptors (Lipinski definition) is 5. The van der Waals surface area contributed by atoms with E-state index in [1.54, 1.807) is 6.20 Å². The first-order valence-electron chi connectivity index (χ1n) is 11.7. The van der Waals surface area contributed by atoms with Crippen LogP contribution in [-0.2, 0) is 11.3 Å². The fourth-order valence-corrected chi connectivity index (χ4v) is 4.70. The topological polar surface area (TPSA) is 78.4 Å². The molecule has 1 aromatic carbocycles. The molecule has 170 valence electrons. The number of aromatic nitrogens is 2. The van der Waals surface area contributed by atoms with Gasteiger partial charge in [-0.25, -0.2) is 9.97 Å². The predicted molar refractivity (Wildman–Crippen MR) is 123 cm³/mol. The highest BCUT2D eigenvalue weighted by Crippen LogP contribution is 2.32. The highest BCUT2D eigenvalue weighted by molar-refractivity contribution is 5.94. The molecule has 0 aliphatic carbocycles. The molecule has 0 saturated carbocycles. The standard InChI is InChI=1S/C25H33N5O2/c1-18-21(24(31)27-16-19-8-4-3-5-9-19)17-26-23(28-18)22-10-6-7-13-30(22)25(32)20-11-14-29(2)15-12-20/h3-5,8-9,17,20,22H,6-7,10-16H2,1-2H3,(H,27,31)/t22-/m0/s1. The third-order valence-electron chi connectivity index (χ3n) is 6.69. The Kier molecular flexibility index (Phi) is 7.15. The Morgan fingerprint density at radius 2 is 1.81 bits per heavy atom. The molecule has 32 heavy (non-hydrogen) atoms. The normalized spacial score (nSPS) is 20.2. The molecule has 0 radical (unpaired) electrons. The van der Waals surface area contributed by atoms with E-state index in [9.17, 15) is 9.59 Å². The van der Waals surface area contributed by atoms with Crippen LogP contribution in [0.1, 0.15) is 65.6 Å². The second kappa shape index (κ2) is 10.2. The van der Waals surface area contributed by atoms with Crippen molar-refractivity contribution < 1.29 is 9.59 Å². The van der Waals surface area contributed by atoms with Crippen molar-refractivity contribution >= 4 is 11.8 Å². The molecule has 4 rings (SSSR count). The Balaban J connectivity index is 1.45. The van der Waals surface area contributed by atoms with E-state index in [1.165, 1.54) is 0 Å². The van der Waals surface area contributed by atoms with Crippen LogP contribution in [0.3, 0.4) is 0 Å². The lowest BCUT2D eigenvalue weighted by atomic mass is 9.92. The summed E-state index contributed by atoms with van der Waals surface area (Å²) < 4.78 is 0. The molecule has 2 aliphatic rings. The zero-order valence-corrected chi connectivity index (χ0v) is 19.1. The van der Waals surface area contributed by atoms with Crippen molar-refractivity contribution in [2.45, 2.75) is 51.6 Å². The first-order chi connectivity index (χ1) is 15.5. The zero-order chi connectivity index (χ0) is 22.5. The van der Waals surface area contributed by atoms with Crippen LogP contribution in [0, 0.1) is 12.8 Å². The number of piperidine rings is 2. The molecule has 1 aromatic heterocycles. The van der Waals surface area contributed by atoms with Crippen LogP contribution in [0.4, 0.5) is 0 Å². The summed E-state index contributed by atoms with van der Waals surface area (Å²) in [6.45, 7) is 5.00. The van der Waals surface area contributed by atoms with Gasteiger partial charge in [-0.15, -0.1) is 0 Å². The molecule has 0 spiro atoms. The van der Waals surface area contributed by atoms with Gasteiger partial charge in [-0.3, -0.25) is 9.59 Å². The Labute approximate surface area is 190 Å². The molecule has 2 fully saturated rings. The third kappa shape index (κ3) is 5.15. The van der Waals surface area contributed by atoms with Gasteiger partial charge >= 0.3 is 0 Å². The van der Waals surface area contributed by atoms with E-state index in [2.05, 4.69) is 27.2 Å². The maximum absolute atomic E-state index is 13.3. The summed E-state index contributed by atoms with van der Waals surface area (Å²) >= 11 is 0. The van der Waals surface area contributed by atoms with Gasteiger partial charge in [0.2, 0.25) is 5.91 Å². The Hall–Kier alpha value is -2.80. The monoisotopic (exact) mass is 435 g/mol. The van der Waals surface area contributed by atoms with Crippen LogP contribution in [0.5, 0.6) is 0 Å². The van der Waals surface area contributed by atoms with Crippen LogP contribution in [0.25, 0.3) is 0 Å². The molecule has 0 bridgehead atoms. The van der Waals surface area contributed by atoms with Crippen molar-refractivity contribution in [3.63, 3.8) is 0 Å². The second-order valence-electron chi connectivity index (χ2n) is 9.02. The maximum Gasteiger partial charge on any atom is 0.254 e. The van der Waals surface area contributed by atoms with Crippen LogP contribution in [0.2, 0.25) is 0 Å². The third-order valence-corrected chi connectivity index (χ3v) is 6.69. The number of carbonyl (C=O) groups is 2. The number of hydrogen-bond donors (Lipinski definition) is 1. The smallest absolute Gasteiger partial charge is 0.254 e. The highest BCUT2D eigenvalue weighted by Gasteiger charge is 2.35. The number of nitrogens with zero attached hydrogens (tertiary/aromatic N) is 4. The summed E-state index contributed by atoms with van der Waals surface area (Å²) in [7, 11) is 2.11. The average molecular weight is 436 g/mol. The van der Waals surface area contributed by atoms with Gasteiger partial charge in [-0.2, -0.15) is 0 Å². The number of carbonyl (C=O) groups excluding carboxylic acids is 2. The van der Waals surface area contributed by atoms with Gasteiger partial charge in [-0.05, 0) is 64.7 Å². The Morgan fingerprint density at radius 3 is 2.53 bits per heavy atom. The van der Waals surface area contributed by atoms with Crippen LogP contribution in [0.15, 0.2) is 36.5 Å². The molecular formula is C25H33N5O2. The molecule has 2 aromatic rings. The summed E-state index contributed by atoms with van der Waals surface area (Å²) in [6.07, 6.45) is 6.40. The highest BCUT2D eigenvalue weighted by atomic mass is 16.2. The molecule has 3 heterocycles. The first kappa shape index (κ1) is 22.4. The van der Waals surface area contributed by atoms with E-state index in [4.69, 9.17) is 0 Å². The van der Waals surface area contributed by atoms with Crippen molar-refractivity contribution in [1.82, 2.24) is 25.1 Å². The Bertz CT molecular complexity index is 941. The second-order valence-corrected chi connectivity index (χ2v) is 9.02. The van der Waals surface area contributed by atoms with Crippen molar-refractivity contribution in [3.8, 4) is 0 Å². The minimum absolute atomic E-state index is 0.0935. The van der Waals surface area contributed by atoms with Gasteiger partial charge in [0.05, 0.1) is 17.3 Å². The molecule has 1 N–H and O–H groups in total. The van der Waals surface area contributed by atoms with Gasteiger partial charge in [0, 0.05) is 25.2 Å². The number of benzene rings is 1. The van der Waals surface area contributed by atoms with Crippen LogP contribution < -0.4 is 5.32 Å². The number of nitrogens with one attached hydrogen (secondary N) is 1. The van der Waals surface area contributed by atoms with Crippen molar-refractivity contribution in [3.05, 3.63) is 59.2 Å².